The highest BCUT2D eigenvalue weighted by atomic mass is 79.9. The van der Waals surface area contributed by atoms with E-state index < -0.39 is 0 Å². The Morgan fingerprint density at radius 3 is 2.62 bits per heavy atom. The number of nitrogens with zero attached hydrogens (tertiary/aromatic N) is 1. The van der Waals surface area contributed by atoms with Crippen LogP contribution in [0.15, 0.2) is 59.2 Å². The summed E-state index contributed by atoms with van der Waals surface area (Å²) in [6.45, 7) is 2.64. The largest absolute Gasteiger partial charge is 0.347 e. The molecular weight excluding hydrogens is 428 g/mol. The fraction of sp³-hybridized carbons (Fsp3) is 0.167. The number of nitrogens with one attached hydrogen (secondary N) is 1. The molecule has 3 aromatic rings. The number of carbonyl (C=O) groups is 2. The minimum Gasteiger partial charge on any atom is -0.347 e. The summed E-state index contributed by atoms with van der Waals surface area (Å²) in [4.78, 5) is 25.4. The van der Waals surface area contributed by atoms with Crippen molar-refractivity contribution in [2.45, 2.75) is 26.3 Å². The first kappa shape index (κ1) is 19.2. The first-order valence-electron chi connectivity index (χ1n) is 9.44. The summed E-state index contributed by atoms with van der Waals surface area (Å²) in [5.41, 5.74) is 3.38. The second-order valence-corrected chi connectivity index (χ2v) is 7.74. The summed E-state index contributed by atoms with van der Waals surface area (Å²) in [5.74, 6) is 5.29. The number of benzene rings is 2. The van der Waals surface area contributed by atoms with E-state index in [2.05, 4.69) is 37.7 Å². The van der Waals surface area contributed by atoms with Gasteiger partial charge in [0.05, 0.1) is 11.1 Å². The number of carbonyl (C=O) groups excluding carboxylic acids is 2. The van der Waals surface area contributed by atoms with Crippen LogP contribution >= 0.6 is 15.9 Å². The van der Waals surface area contributed by atoms with Gasteiger partial charge in [0.2, 0.25) is 0 Å². The third-order valence-electron chi connectivity index (χ3n) is 4.98. The van der Waals surface area contributed by atoms with E-state index in [4.69, 9.17) is 0 Å². The molecule has 0 saturated carbocycles. The summed E-state index contributed by atoms with van der Waals surface area (Å²) in [6, 6.07) is 15.4. The highest BCUT2D eigenvalue weighted by Gasteiger charge is 2.33. The summed E-state index contributed by atoms with van der Waals surface area (Å²) in [6.07, 6.45) is 3.72. The number of para-hydroxylation sites is 1. The number of rotatable bonds is 5. The molecule has 0 bridgehead atoms. The van der Waals surface area contributed by atoms with Gasteiger partial charge in [-0.3, -0.25) is 14.9 Å². The van der Waals surface area contributed by atoms with Gasteiger partial charge in [-0.05, 0) is 37.1 Å². The maximum absolute atomic E-state index is 12.8. The van der Waals surface area contributed by atoms with Gasteiger partial charge in [0.1, 0.15) is 0 Å². The second kappa shape index (κ2) is 8.10. The van der Waals surface area contributed by atoms with Crippen LogP contribution in [-0.2, 0) is 16.1 Å². The Hall–Kier alpha value is -3.10. The van der Waals surface area contributed by atoms with Crippen molar-refractivity contribution in [1.29, 1.82) is 0 Å². The fourth-order valence-corrected chi connectivity index (χ4v) is 4.12. The molecule has 2 aromatic carbocycles. The number of fused-ring (bicyclic) bond motifs is 1. The van der Waals surface area contributed by atoms with E-state index in [1.54, 1.807) is 0 Å². The molecular formula is C24H19BrN2O2. The standard InChI is InChI=1S/C24H19BrN2O2/c1-2-3-4-7-13-27-15-19(18-11-5-6-12-20(18)27)22-21(23(28)26-24(22)29)16-9-8-10-17(25)14-16/h5-6,8-12,14-15H,4,7,13H2,1H3,(H,26,28,29). The molecule has 0 spiro atoms. The SMILES string of the molecule is CC#CCCCn1cc(C2=C(c3cccc(Br)c3)C(=O)NC2=O)c2ccccc21. The van der Waals surface area contributed by atoms with Crippen molar-refractivity contribution in [2.24, 2.45) is 0 Å². The smallest absolute Gasteiger partial charge is 0.259 e. The van der Waals surface area contributed by atoms with Crippen LogP contribution in [0.4, 0.5) is 0 Å². The van der Waals surface area contributed by atoms with Crippen LogP contribution in [0.1, 0.15) is 30.9 Å². The van der Waals surface area contributed by atoms with Crippen LogP contribution in [0.25, 0.3) is 22.0 Å². The summed E-state index contributed by atoms with van der Waals surface area (Å²) in [7, 11) is 0. The Kier molecular flexibility index (Phi) is 5.37. The minimum absolute atomic E-state index is 0.357. The molecule has 4 rings (SSSR count). The summed E-state index contributed by atoms with van der Waals surface area (Å²) in [5, 5.41) is 3.43. The normalized spacial score (nSPS) is 13.6. The van der Waals surface area contributed by atoms with Crippen molar-refractivity contribution in [3.05, 3.63) is 70.3 Å². The van der Waals surface area contributed by atoms with Crippen LogP contribution in [0, 0.1) is 11.8 Å². The third kappa shape index (κ3) is 3.64. The highest BCUT2D eigenvalue weighted by molar-refractivity contribution is 9.10. The first-order chi connectivity index (χ1) is 14.1. The van der Waals surface area contributed by atoms with Crippen LogP contribution in [0.2, 0.25) is 0 Å². The van der Waals surface area contributed by atoms with Crippen molar-refractivity contribution >= 4 is 49.8 Å². The Balaban J connectivity index is 1.88. The molecule has 4 nitrogen and oxygen atoms in total. The van der Waals surface area contributed by atoms with Crippen molar-refractivity contribution in [3.8, 4) is 11.8 Å². The predicted molar refractivity (Wildman–Crippen MR) is 119 cm³/mol. The molecule has 0 radical (unpaired) electrons. The van der Waals surface area contributed by atoms with Crippen LogP contribution < -0.4 is 5.32 Å². The van der Waals surface area contributed by atoms with Gasteiger partial charge in [-0.2, -0.15) is 0 Å². The van der Waals surface area contributed by atoms with Gasteiger partial charge in [-0.1, -0.05) is 46.3 Å². The van der Waals surface area contributed by atoms with Crippen LogP contribution in [0.5, 0.6) is 0 Å². The van der Waals surface area contributed by atoms with Gasteiger partial charge in [0.25, 0.3) is 11.8 Å². The predicted octanol–water partition coefficient (Wildman–Crippen LogP) is 4.77. The number of halogens is 1. The average molecular weight is 447 g/mol. The molecule has 1 N–H and O–H groups in total. The van der Waals surface area contributed by atoms with E-state index in [0.29, 0.717) is 16.7 Å². The molecule has 0 fully saturated rings. The van der Waals surface area contributed by atoms with E-state index in [9.17, 15) is 9.59 Å². The van der Waals surface area contributed by atoms with E-state index in [1.165, 1.54) is 0 Å². The average Bonchev–Trinajstić information content (AvgIpc) is 3.21. The molecule has 5 heteroatoms. The second-order valence-electron chi connectivity index (χ2n) is 6.83. The number of aryl methyl sites for hydroxylation is 1. The van der Waals surface area contributed by atoms with E-state index in [0.717, 1.165) is 40.3 Å². The van der Waals surface area contributed by atoms with Gasteiger partial charge >= 0.3 is 0 Å². The highest BCUT2D eigenvalue weighted by Crippen LogP contribution is 2.36. The zero-order valence-electron chi connectivity index (χ0n) is 16.0. The van der Waals surface area contributed by atoms with E-state index >= 15 is 0 Å². The molecule has 1 aromatic heterocycles. The van der Waals surface area contributed by atoms with Gasteiger partial charge in [0, 0.05) is 40.1 Å². The van der Waals surface area contributed by atoms with Crippen molar-refractivity contribution in [3.63, 3.8) is 0 Å². The lowest BCUT2D eigenvalue weighted by atomic mass is 9.96. The maximum Gasteiger partial charge on any atom is 0.259 e. The van der Waals surface area contributed by atoms with Crippen molar-refractivity contribution in [2.75, 3.05) is 0 Å². The van der Waals surface area contributed by atoms with Gasteiger partial charge in [0.15, 0.2) is 0 Å². The van der Waals surface area contributed by atoms with Crippen molar-refractivity contribution in [1.82, 2.24) is 9.88 Å². The van der Waals surface area contributed by atoms with Gasteiger partial charge < -0.3 is 4.57 Å². The topological polar surface area (TPSA) is 51.1 Å². The Bertz CT molecular complexity index is 1220. The molecule has 2 amide bonds. The summed E-state index contributed by atoms with van der Waals surface area (Å²) >= 11 is 3.45. The third-order valence-corrected chi connectivity index (χ3v) is 5.47. The summed E-state index contributed by atoms with van der Waals surface area (Å²) < 4.78 is 3.00. The zero-order chi connectivity index (χ0) is 20.4. The zero-order valence-corrected chi connectivity index (χ0v) is 17.5. The molecule has 0 unspecified atom stereocenters. The van der Waals surface area contributed by atoms with E-state index in [-0.39, 0.29) is 11.8 Å². The fourth-order valence-electron chi connectivity index (χ4n) is 3.73. The Labute approximate surface area is 177 Å². The lowest BCUT2D eigenvalue weighted by Crippen LogP contribution is -2.22. The number of amides is 2. The number of hydrogen-bond acceptors (Lipinski definition) is 2. The molecule has 1 aliphatic rings. The van der Waals surface area contributed by atoms with Crippen LogP contribution in [-0.4, -0.2) is 16.4 Å². The Morgan fingerprint density at radius 1 is 1.03 bits per heavy atom. The number of hydrogen-bond donors (Lipinski definition) is 1. The van der Waals surface area contributed by atoms with Crippen molar-refractivity contribution < 1.29 is 9.59 Å². The number of imide groups is 1. The van der Waals surface area contributed by atoms with E-state index in [1.807, 2.05) is 61.7 Å². The van der Waals surface area contributed by atoms with Crippen LogP contribution in [0.3, 0.4) is 0 Å². The lowest BCUT2D eigenvalue weighted by Gasteiger charge is -2.04. The number of aromatic nitrogens is 1. The maximum atomic E-state index is 12.8. The first-order valence-corrected chi connectivity index (χ1v) is 10.2. The molecule has 0 saturated heterocycles. The quantitative estimate of drug-likeness (QED) is 0.348. The molecule has 29 heavy (non-hydrogen) atoms. The molecule has 0 aliphatic carbocycles. The minimum atomic E-state index is -0.363. The Morgan fingerprint density at radius 2 is 1.83 bits per heavy atom. The van der Waals surface area contributed by atoms with Gasteiger partial charge in [-0.15, -0.1) is 11.8 Å². The molecule has 2 heterocycles. The molecule has 0 atom stereocenters. The molecule has 144 valence electrons. The lowest BCUT2D eigenvalue weighted by molar-refractivity contribution is -0.122. The number of unbranched alkanes of at least 4 members (excludes halogenated alkanes) is 1. The van der Waals surface area contributed by atoms with Gasteiger partial charge in [-0.25, -0.2) is 0 Å². The molecule has 1 aliphatic heterocycles. The monoisotopic (exact) mass is 446 g/mol.